The SMILES string of the molecule is O=C(CC1CC2CCC1C2)N1CCC(O)c2ccccc21. The van der Waals surface area contributed by atoms with Crippen LogP contribution in [0.4, 0.5) is 5.69 Å². The second-order valence-corrected chi connectivity index (χ2v) is 7.05. The highest BCUT2D eigenvalue weighted by molar-refractivity contribution is 5.94. The van der Waals surface area contributed by atoms with Crippen molar-refractivity contribution in [1.82, 2.24) is 0 Å². The van der Waals surface area contributed by atoms with Crippen LogP contribution < -0.4 is 4.90 Å². The summed E-state index contributed by atoms with van der Waals surface area (Å²) in [6, 6.07) is 7.80. The molecule has 2 aliphatic carbocycles. The van der Waals surface area contributed by atoms with Gasteiger partial charge in [-0.05, 0) is 49.5 Å². The summed E-state index contributed by atoms with van der Waals surface area (Å²) in [7, 11) is 0. The van der Waals surface area contributed by atoms with Crippen LogP contribution in [0.1, 0.15) is 50.2 Å². The van der Waals surface area contributed by atoms with Gasteiger partial charge in [-0.15, -0.1) is 0 Å². The molecule has 3 aliphatic rings. The lowest BCUT2D eigenvalue weighted by molar-refractivity contribution is -0.120. The lowest BCUT2D eigenvalue weighted by Crippen LogP contribution is -2.38. The molecular weight excluding hydrogens is 262 g/mol. The van der Waals surface area contributed by atoms with Crippen molar-refractivity contribution in [2.24, 2.45) is 17.8 Å². The first-order chi connectivity index (χ1) is 10.2. The molecule has 1 heterocycles. The van der Waals surface area contributed by atoms with Crippen LogP contribution in [0.2, 0.25) is 0 Å². The lowest BCUT2D eigenvalue weighted by atomic mass is 9.86. The Kier molecular flexibility index (Phi) is 3.26. The molecule has 2 saturated carbocycles. The van der Waals surface area contributed by atoms with Crippen molar-refractivity contribution >= 4 is 11.6 Å². The van der Waals surface area contributed by atoms with Gasteiger partial charge in [0.2, 0.25) is 5.91 Å². The van der Waals surface area contributed by atoms with E-state index in [1.165, 1.54) is 25.7 Å². The number of nitrogens with zero attached hydrogens (tertiary/aromatic N) is 1. The van der Waals surface area contributed by atoms with Crippen molar-refractivity contribution in [3.63, 3.8) is 0 Å². The van der Waals surface area contributed by atoms with E-state index in [1.54, 1.807) is 0 Å². The number of hydrogen-bond donors (Lipinski definition) is 1. The first kappa shape index (κ1) is 13.3. The summed E-state index contributed by atoms with van der Waals surface area (Å²) in [5.74, 6) is 2.55. The maximum Gasteiger partial charge on any atom is 0.227 e. The molecular formula is C18H23NO2. The fraction of sp³-hybridized carbons (Fsp3) is 0.611. The number of hydrogen-bond acceptors (Lipinski definition) is 2. The maximum absolute atomic E-state index is 12.7. The first-order valence-corrected chi connectivity index (χ1v) is 8.29. The topological polar surface area (TPSA) is 40.5 Å². The quantitative estimate of drug-likeness (QED) is 0.906. The predicted octanol–water partition coefficient (Wildman–Crippen LogP) is 3.28. The van der Waals surface area contributed by atoms with Gasteiger partial charge in [-0.3, -0.25) is 4.79 Å². The minimum Gasteiger partial charge on any atom is -0.388 e. The molecule has 2 bridgehead atoms. The lowest BCUT2D eigenvalue weighted by Gasteiger charge is -2.33. The Labute approximate surface area is 126 Å². The molecule has 0 spiro atoms. The van der Waals surface area contributed by atoms with Crippen LogP contribution in [-0.2, 0) is 4.79 Å². The van der Waals surface area contributed by atoms with E-state index >= 15 is 0 Å². The zero-order chi connectivity index (χ0) is 14.4. The molecule has 0 aromatic heterocycles. The summed E-state index contributed by atoms with van der Waals surface area (Å²) in [5, 5.41) is 10.1. The van der Waals surface area contributed by atoms with Gasteiger partial charge in [0.25, 0.3) is 0 Å². The van der Waals surface area contributed by atoms with Gasteiger partial charge in [0.15, 0.2) is 0 Å². The number of fused-ring (bicyclic) bond motifs is 3. The van der Waals surface area contributed by atoms with E-state index in [2.05, 4.69) is 0 Å². The molecule has 1 amide bonds. The van der Waals surface area contributed by atoms with E-state index < -0.39 is 6.10 Å². The highest BCUT2D eigenvalue weighted by atomic mass is 16.3. The van der Waals surface area contributed by atoms with Crippen molar-refractivity contribution in [2.75, 3.05) is 11.4 Å². The monoisotopic (exact) mass is 285 g/mol. The van der Waals surface area contributed by atoms with Crippen molar-refractivity contribution < 1.29 is 9.90 Å². The zero-order valence-corrected chi connectivity index (χ0v) is 12.4. The van der Waals surface area contributed by atoms with E-state index in [1.807, 2.05) is 29.2 Å². The number of aliphatic hydroxyl groups is 1. The smallest absolute Gasteiger partial charge is 0.227 e. The number of para-hydroxylation sites is 1. The molecule has 1 aromatic carbocycles. The van der Waals surface area contributed by atoms with Gasteiger partial charge in [-0.25, -0.2) is 0 Å². The standard InChI is InChI=1S/C18H23NO2/c20-17-7-8-19(16-4-2-1-3-15(16)17)18(21)11-14-10-12-5-6-13(14)9-12/h1-4,12-14,17,20H,5-11H2. The van der Waals surface area contributed by atoms with E-state index in [-0.39, 0.29) is 5.91 Å². The van der Waals surface area contributed by atoms with Crippen molar-refractivity contribution in [2.45, 2.75) is 44.6 Å². The molecule has 3 heteroatoms. The first-order valence-electron chi connectivity index (χ1n) is 8.29. The number of carbonyl (C=O) groups excluding carboxylic acids is 1. The third-order valence-corrected chi connectivity index (χ3v) is 5.84. The predicted molar refractivity (Wildman–Crippen MR) is 81.9 cm³/mol. The van der Waals surface area contributed by atoms with Gasteiger partial charge in [0, 0.05) is 24.2 Å². The molecule has 1 N–H and O–H groups in total. The molecule has 1 aromatic rings. The molecule has 4 rings (SSSR count). The van der Waals surface area contributed by atoms with Gasteiger partial charge in [0.1, 0.15) is 0 Å². The van der Waals surface area contributed by atoms with E-state index in [4.69, 9.17) is 0 Å². The van der Waals surface area contributed by atoms with Gasteiger partial charge in [0.05, 0.1) is 6.10 Å². The van der Waals surface area contributed by atoms with Crippen molar-refractivity contribution in [1.29, 1.82) is 0 Å². The molecule has 112 valence electrons. The van der Waals surface area contributed by atoms with Crippen LogP contribution >= 0.6 is 0 Å². The summed E-state index contributed by atoms with van der Waals surface area (Å²) in [6.07, 6.45) is 6.26. The molecule has 1 aliphatic heterocycles. The Hall–Kier alpha value is -1.35. The van der Waals surface area contributed by atoms with Crippen LogP contribution in [0.25, 0.3) is 0 Å². The Morgan fingerprint density at radius 2 is 2.05 bits per heavy atom. The van der Waals surface area contributed by atoms with Crippen LogP contribution in [0.3, 0.4) is 0 Å². The number of rotatable bonds is 2. The summed E-state index contributed by atoms with van der Waals surface area (Å²) >= 11 is 0. The minimum absolute atomic E-state index is 0.256. The normalized spacial score (nSPS) is 34.0. The van der Waals surface area contributed by atoms with Gasteiger partial charge in [-0.1, -0.05) is 24.6 Å². The van der Waals surface area contributed by atoms with E-state index in [0.717, 1.165) is 23.1 Å². The average Bonchev–Trinajstić information content (AvgIpc) is 3.10. The number of anilines is 1. The maximum atomic E-state index is 12.7. The third kappa shape index (κ3) is 2.28. The number of carbonyl (C=O) groups is 1. The van der Waals surface area contributed by atoms with Crippen molar-refractivity contribution in [3.8, 4) is 0 Å². The van der Waals surface area contributed by atoms with Gasteiger partial charge >= 0.3 is 0 Å². The Balaban J connectivity index is 1.51. The average molecular weight is 285 g/mol. The Bertz CT molecular complexity index is 556. The molecule has 21 heavy (non-hydrogen) atoms. The van der Waals surface area contributed by atoms with Crippen LogP contribution in [0, 0.1) is 17.8 Å². The Morgan fingerprint density at radius 3 is 2.81 bits per heavy atom. The second-order valence-electron chi connectivity index (χ2n) is 7.05. The molecule has 3 nitrogen and oxygen atoms in total. The summed E-state index contributed by atoms with van der Waals surface area (Å²) in [4.78, 5) is 14.7. The number of amides is 1. The van der Waals surface area contributed by atoms with Crippen LogP contribution in [0.15, 0.2) is 24.3 Å². The highest BCUT2D eigenvalue weighted by Gasteiger charge is 2.41. The molecule has 0 saturated heterocycles. The highest BCUT2D eigenvalue weighted by Crippen LogP contribution is 2.50. The second kappa shape index (κ2) is 5.13. The van der Waals surface area contributed by atoms with Gasteiger partial charge < -0.3 is 10.0 Å². The Morgan fingerprint density at radius 1 is 1.19 bits per heavy atom. The fourth-order valence-corrected chi connectivity index (χ4v) is 4.76. The van der Waals surface area contributed by atoms with Crippen LogP contribution in [0.5, 0.6) is 0 Å². The molecule has 4 unspecified atom stereocenters. The van der Waals surface area contributed by atoms with E-state index in [0.29, 0.717) is 25.3 Å². The third-order valence-electron chi connectivity index (χ3n) is 5.84. The molecule has 0 radical (unpaired) electrons. The van der Waals surface area contributed by atoms with Crippen molar-refractivity contribution in [3.05, 3.63) is 29.8 Å². The fourth-order valence-electron chi connectivity index (χ4n) is 4.76. The molecule has 2 fully saturated rings. The van der Waals surface area contributed by atoms with Crippen LogP contribution in [-0.4, -0.2) is 17.6 Å². The van der Waals surface area contributed by atoms with E-state index in [9.17, 15) is 9.90 Å². The summed E-state index contributed by atoms with van der Waals surface area (Å²) in [6.45, 7) is 0.651. The largest absolute Gasteiger partial charge is 0.388 e. The number of benzene rings is 1. The van der Waals surface area contributed by atoms with Gasteiger partial charge in [-0.2, -0.15) is 0 Å². The molecule has 4 atom stereocenters. The minimum atomic E-state index is -0.423. The summed E-state index contributed by atoms with van der Waals surface area (Å²) < 4.78 is 0. The number of aliphatic hydroxyl groups excluding tert-OH is 1. The zero-order valence-electron chi connectivity index (χ0n) is 12.4. The summed E-state index contributed by atoms with van der Waals surface area (Å²) in [5.41, 5.74) is 1.83.